The van der Waals surface area contributed by atoms with E-state index in [1.165, 1.54) is 24.3 Å². The average molecular weight is 359 g/mol. The lowest BCUT2D eigenvalue weighted by Gasteiger charge is -2.09. The number of halogens is 2. The average Bonchev–Trinajstić information content (AvgIpc) is 3.39. The van der Waals surface area contributed by atoms with Gasteiger partial charge in [0.15, 0.2) is 0 Å². The number of fused-ring (bicyclic) bond motifs is 1. The van der Waals surface area contributed by atoms with Gasteiger partial charge in [-0.3, -0.25) is 4.79 Å². The van der Waals surface area contributed by atoms with Crippen LogP contribution in [0.1, 0.15) is 40.5 Å². The fraction of sp³-hybridized carbons (Fsp3) is 0.278. The van der Waals surface area contributed by atoms with Crippen molar-refractivity contribution in [3.8, 4) is 5.75 Å². The van der Waals surface area contributed by atoms with Gasteiger partial charge in [-0.15, -0.1) is 0 Å². The molecule has 134 valence electrons. The minimum Gasteiger partial charge on any atom is -0.435 e. The van der Waals surface area contributed by atoms with Crippen molar-refractivity contribution in [2.45, 2.75) is 32.3 Å². The summed E-state index contributed by atoms with van der Waals surface area (Å²) in [5, 5.41) is 7.23. The largest absolute Gasteiger partial charge is 0.435 e. The van der Waals surface area contributed by atoms with Crippen molar-refractivity contribution in [3.63, 3.8) is 0 Å². The quantitative estimate of drug-likeness (QED) is 0.736. The standard InChI is InChI=1S/C18H15F2N3O3/c1-9-15-13(8-14(10-2-3-10)22-17(15)26-23-9)16(24)21-11-4-6-12(7-5-11)25-18(19)20/h4-8,10,18H,2-3H2,1H3,(H,21,24). The molecule has 3 aromatic rings. The molecule has 4 rings (SSSR count). The number of hydrogen-bond donors (Lipinski definition) is 1. The van der Waals surface area contributed by atoms with Gasteiger partial charge in [-0.25, -0.2) is 4.98 Å². The van der Waals surface area contributed by atoms with E-state index < -0.39 is 6.61 Å². The van der Waals surface area contributed by atoms with Crippen LogP contribution in [0.5, 0.6) is 5.75 Å². The van der Waals surface area contributed by atoms with Gasteiger partial charge in [0.2, 0.25) is 0 Å². The molecule has 0 bridgehead atoms. The fourth-order valence-electron chi connectivity index (χ4n) is 2.80. The molecule has 1 amide bonds. The Bertz CT molecular complexity index is 966. The number of carbonyl (C=O) groups is 1. The van der Waals surface area contributed by atoms with E-state index in [2.05, 4.69) is 20.2 Å². The maximum absolute atomic E-state index is 12.8. The van der Waals surface area contributed by atoms with Crippen LogP contribution in [0.25, 0.3) is 11.1 Å². The maximum Gasteiger partial charge on any atom is 0.387 e. The summed E-state index contributed by atoms with van der Waals surface area (Å²) < 4.78 is 33.9. The molecule has 1 N–H and O–H groups in total. The number of benzene rings is 1. The Morgan fingerprint density at radius 1 is 1.31 bits per heavy atom. The molecule has 0 saturated heterocycles. The molecule has 1 fully saturated rings. The van der Waals surface area contributed by atoms with Crippen LogP contribution in [-0.4, -0.2) is 22.7 Å². The summed E-state index contributed by atoms with van der Waals surface area (Å²) in [4.78, 5) is 17.2. The van der Waals surface area contributed by atoms with E-state index in [1.54, 1.807) is 13.0 Å². The lowest BCUT2D eigenvalue weighted by molar-refractivity contribution is -0.0498. The molecule has 2 aromatic heterocycles. The van der Waals surface area contributed by atoms with Crippen LogP contribution in [0.3, 0.4) is 0 Å². The van der Waals surface area contributed by atoms with E-state index in [1.807, 2.05) is 0 Å². The van der Waals surface area contributed by atoms with E-state index in [9.17, 15) is 13.6 Å². The molecule has 2 heterocycles. The third-order valence-corrected chi connectivity index (χ3v) is 4.21. The Labute approximate surface area is 147 Å². The van der Waals surface area contributed by atoms with Crippen LogP contribution in [0.15, 0.2) is 34.9 Å². The van der Waals surface area contributed by atoms with Gasteiger partial charge in [-0.05, 0) is 50.1 Å². The van der Waals surface area contributed by atoms with Crippen molar-refractivity contribution in [3.05, 3.63) is 47.3 Å². The Morgan fingerprint density at radius 2 is 2.04 bits per heavy atom. The molecule has 6 nitrogen and oxygen atoms in total. The number of anilines is 1. The molecule has 0 radical (unpaired) electrons. The van der Waals surface area contributed by atoms with Crippen LogP contribution in [0, 0.1) is 6.92 Å². The third-order valence-electron chi connectivity index (χ3n) is 4.21. The van der Waals surface area contributed by atoms with Crippen LogP contribution < -0.4 is 10.1 Å². The van der Waals surface area contributed by atoms with Gasteiger partial charge in [0, 0.05) is 17.3 Å². The Hall–Kier alpha value is -3.03. The van der Waals surface area contributed by atoms with Crippen LogP contribution in [0.2, 0.25) is 0 Å². The van der Waals surface area contributed by atoms with Gasteiger partial charge < -0.3 is 14.6 Å². The number of carbonyl (C=O) groups excluding carboxylic acids is 1. The molecule has 1 aliphatic carbocycles. The van der Waals surface area contributed by atoms with Crippen LogP contribution >= 0.6 is 0 Å². The first-order valence-electron chi connectivity index (χ1n) is 8.14. The number of rotatable bonds is 5. The van der Waals surface area contributed by atoms with Gasteiger partial charge >= 0.3 is 6.61 Å². The number of alkyl halides is 2. The zero-order chi connectivity index (χ0) is 18.3. The highest BCUT2D eigenvalue weighted by atomic mass is 19.3. The van der Waals surface area contributed by atoms with Crippen molar-refractivity contribution in [2.24, 2.45) is 0 Å². The lowest BCUT2D eigenvalue weighted by Crippen LogP contribution is -2.13. The molecule has 0 atom stereocenters. The Balaban J connectivity index is 1.62. The highest BCUT2D eigenvalue weighted by Crippen LogP contribution is 2.40. The molecule has 26 heavy (non-hydrogen) atoms. The highest BCUT2D eigenvalue weighted by Gasteiger charge is 2.28. The summed E-state index contributed by atoms with van der Waals surface area (Å²) in [7, 11) is 0. The van der Waals surface area contributed by atoms with Crippen molar-refractivity contribution >= 4 is 22.7 Å². The molecule has 0 aliphatic heterocycles. The first-order chi connectivity index (χ1) is 12.5. The first kappa shape index (κ1) is 16.4. The van der Waals surface area contributed by atoms with E-state index >= 15 is 0 Å². The number of nitrogens with zero attached hydrogens (tertiary/aromatic N) is 2. The molecule has 8 heteroatoms. The normalized spacial score (nSPS) is 14.0. The first-order valence-corrected chi connectivity index (χ1v) is 8.14. The highest BCUT2D eigenvalue weighted by molar-refractivity contribution is 6.12. The van der Waals surface area contributed by atoms with Gasteiger partial charge in [-0.1, -0.05) is 5.16 Å². The summed E-state index contributed by atoms with van der Waals surface area (Å²) in [6, 6.07) is 7.49. The van der Waals surface area contributed by atoms with Gasteiger partial charge in [0.05, 0.1) is 16.6 Å². The smallest absolute Gasteiger partial charge is 0.387 e. The van der Waals surface area contributed by atoms with Crippen LogP contribution in [-0.2, 0) is 0 Å². The van der Waals surface area contributed by atoms with E-state index in [-0.39, 0.29) is 11.7 Å². The van der Waals surface area contributed by atoms with E-state index in [0.29, 0.717) is 34.0 Å². The monoisotopic (exact) mass is 359 g/mol. The summed E-state index contributed by atoms with van der Waals surface area (Å²) in [5.74, 6) is 0.0328. The second-order valence-corrected chi connectivity index (χ2v) is 6.17. The van der Waals surface area contributed by atoms with E-state index in [4.69, 9.17) is 4.52 Å². The van der Waals surface area contributed by atoms with Crippen molar-refractivity contribution in [2.75, 3.05) is 5.32 Å². The number of amides is 1. The van der Waals surface area contributed by atoms with Crippen molar-refractivity contribution in [1.29, 1.82) is 0 Å². The molecule has 0 unspecified atom stereocenters. The topological polar surface area (TPSA) is 77.2 Å². The lowest BCUT2D eigenvalue weighted by atomic mass is 10.1. The summed E-state index contributed by atoms with van der Waals surface area (Å²) in [6.07, 6.45) is 2.08. The summed E-state index contributed by atoms with van der Waals surface area (Å²) >= 11 is 0. The predicted octanol–water partition coefficient (Wildman–Crippen LogP) is 4.26. The number of pyridine rings is 1. The van der Waals surface area contributed by atoms with Crippen molar-refractivity contribution < 1.29 is 22.8 Å². The SMILES string of the molecule is Cc1noc2nc(C3CC3)cc(C(=O)Nc3ccc(OC(F)F)cc3)c12. The summed E-state index contributed by atoms with van der Waals surface area (Å²) in [5.41, 5.74) is 2.64. The third kappa shape index (κ3) is 3.22. The molecule has 1 saturated carbocycles. The van der Waals surface area contributed by atoms with Crippen molar-refractivity contribution in [1.82, 2.24) is 10.1 Å². The maximum atomic E-state index is 12.8. The summed E-state index contributed by atoms with van der Waals surface area (Å²) in [6.45, 7) is -1.14. The minimum atomic E-state index is -2.89. The number of hydrogen-bond acceptors (Lipinski definition) is 5. The fourth-order valence-corrected chi connectivity index (χ4v) is 2.80. The van der Waals surface area contributed by atoms with Gasteiger partial charge in [-0.2, -0.15) is 8.78 Å². The second kappa shape index (κ2) is 6.36. The van der Waals surface area contributed by atoms with E-state index in [0.717, 1.165) is 18.5 Å². The zero-order valence-corrected chi connectivity index (χ0v) is 13.8. The zero-order valence-electron chi connectivity index (χ0n) is 13.8. The second-order valence-electron chi connectivity index (χ2n) is 6.17. The van der Waals surface area contributed by atoms with Crippen LogP contribution in [0.4, 0.5) is 14.5 Å². The predicted molar refractivity (Wildman–Crippen MR) is 89.5 cm³/mol. The van der Waals surface area contributed by atoms with Gasteiger partial charge in [0.1, 0.15) is 5.75 Å². The number of nitrogens with one attached hydrogen (secondary N) is 1. The molecular formula is C18H15F2N3O3. The molecule has 1 aliphatic rings. The Morgan fingerprint density at radius 3 is 2.69 bits per heavy atom. The minimum absolute atomic E-state index is 0.0233. The molecular weight excluding hydrogens is 344 g/mol. The molecule has 0 spiro atoms. The number of aryl methyl sites for hydroxylation is 1. The Kier molecular flexibility index (Phi) is 4.02. The molecule has 1 aromatic carbocycles. The number of ether oxygens (including phenoxy) is 1. The number of aromatic nitrogens is 2. The van der Waals surface area contributed by atoms with Gasteiger partial charge in [0.25, 0.3) is 11.6 Å².